The van der Waals surface area contributed by atoms with E-state index in [1.54, 1.807) is 18.2 Å². The van der Waals surface area contributed by atoms with Crippen molar-refractivity contribution in [1.29, 1.82) is 0 Å². The van der Waals surface area contributed by atoms with Crippen LogP contribution in [-0.2, 0) is 52.3 Å². The molecule has 0 radical (unpaired) electrons. The van der Waals surface area contributed by atoms with Gasteiger partial charge >= 0.3 is 0 Å². The summed E-state index contributed by atoms with van der Waals surface area (Å²) >= 11 is 0. The highest BCUT2D eigenvalue weighted by Crippen LogP contribution is 2.36. The summed E-state index contributed by atoms with van der Waals surface area (Å²) in [6.07, 6.45) is -19.1. The normalized spacial score (nSPS) is 38.9. The molecule has 390 valence electrons. The fraction of sp³-hybridized carbons (Fsp3) is 0.810. The summed E-state index contributed by atoms with van der Waals surface area (Å²) in [7, 11) is 0. The van der Waals surface area contributed by atoms with E-state index in [1.807, 2.05) is 13.0 Å². The van der Waals surface area contributed by atoms with Crippen LogP contribution in [0.2, 0.25) is 0 Å². The highest BCUT2D eigenvalue weighted by atomic mass is 16.8. The molecule has 0 aromatic carbocycles. The summed E-state index contributed by atoms with van der Waals surface area (Å²) < 4.78 is 40.8. The van der Waals surface area contributed by atoms with Gasteiger partial charge in [0.2, 0.25) is 23.6 Å². The van der Waals surface area contributed by atoms with Crippen LogP contribution < -0.4 is 27.4 Å². The second-order valence-electron chi connectivity index (χ2n) is 17.2. The number of aliphatic hydroxyl groups excluding tert-OH is 10. The first-order valence-corrected chi connectivity index (χ1v) is 22.7. The smallest absolute Gasteiger partial charge is 0.247 e. The second-order valence-corrected chi connectivity index (χ2v) is 17.2. The topological polar surface area (TPSA) is 409 Å². The number of carbonyl (C=O) groups excluding carboxylic acids is 4. The molecule has 3 saturated heterocycles. The number of hydrogen-bond acceptors (Lipinski definition) is 22. The highest BCUT2D eigenvalue weighted by Gasteiger charge is 2.54. The lowest BCUT2D eigenvalue weighted by atomic mass is 9.79. The average molecular weight is 982 g/mol. The van der Waals surface area contributed by atoms with E-state index in [9.17, 15) is 70.2 Å². The molecule has 12 unspecified atom stereocenters. The van der Waals surface area contributed by atoms with Crippen molar-refractivity contribution in [2.75, 3.05) is 19.8 Å². The molecule has 26 nitrogen and oxygen atoms in total. The zero-order chi connectivity index (χ0) is 50.2. The molecule has 26 heteroatoms. The summed E-state index contributed by atoms with van der Waals surface area (Å²) in [5, 5.41) is 107. The van der Waals surface area contributed by atoms with Crippen molar-refractivity contribution in [2.24, 2.45) is 11.7 Å². The molecule has 0 spiro atoms. The third kappa shape index (κ3) is 15.8. The average Bonchev–Trinajstić information content (AvgIpc) is 3.31. The Balaban J connectivity index is 1.26. The zero-order valence-electron chi connectivity index (χ0n) is 38.2. The van der Waals surface area contributed by atoms with Crippen LogP contribution in [0.1, 0.15) is 72.1 Å². The Bertz CT molecular complexity index is 1650. The Hall–Kier alpha value is -3.36. The van der Waals surface area contributed by atoms with Gasteiger partial charge in [-0.3, -0.25) is 40.9 Å². The summed E-state index contributed by atoms with van der Waals surface area (Å²) in [5.74, 6) is -3.57. The van der Waals surface area contributed by atoms with Crippen LogP contribution >= 0.6 is 0 Å². The van der Waals surface area contributed by atoms with Crippen LogP contribution in [0.3, 0.4) is 0 Å². The summed E-state index contributed by atoms with van der Waals surface area (Å²) in [6, 6.07) is -1.31. The van der Waals surface area contributed by atoms with Gasteiger partial charge in [-0.2, -0.15) is 0 Å². The first-order valence-electron chi connectivity index (χ1n) is 22.7. The third-order valence-corrected chi connectivity index (χ3v) is 12.0. The van der Waals surface area contributed by atoms with Gasteiger partial charge in [-0.15, -0.1) is 0 Å². The molecule has 3 aliphatic heterocycles. The van der Waals surface area contributed by atoms with E-state index in [4.69, 9.17) is 38.9 Å². The quantitative estimate of drug-likeness (QED) is 0.0220. The molecule has 4 rings (SSSR count). The number of nitrogens with one attached hydrogen (secondary N) is 4. The molecular weight excluding hydrogens is 910 g/mol. The Labute approximate surface area is 392 Å². The molecule has 4 fully saturated rings. The Morgan fingerprint density at radius 2 is 1.22 bits per heavy atom. The SMILES string of the molecule is C/C=C/C=C/CCC(=O)NNC(=O)CC(=O)NNC(=O)CCCCCO[C@@H]1OC(C)[C@H](O)C(O[C@H]2CC(CO)[C@@H](O)C(O[C@H]3OC(CO)[C@H](O)C(O)C3O[C@@H]3OC(C)[C@H](O)C(O)C3O)C2N)C1O. The van der Waals surface area contributed by atoms with Gasteiger partial charge < -0.3 is 90.0 Å². The van der Waals surface area contributed by atoms with Crippen LogP contribution in [0, 0.1) is 5.92 Å². The highest BCUT2D eigenvalue weighted by molar-refractivity contribution is 5.98. The van der Waals surface area contributed by atoms with E-state index in [-0.39, 0.29) is 25.9 Å². The number of rotatable bonds is 21. The van der Waals surface area contributed by atoms with Gasteiger partial charge in [-0.25, -0.2) is 0 Å². The number of ether oxygens (including phenoxy) is 7. The standard InChI is InChI=1S/C42H71N5O21/c1-4-5-6-7-9-12-24(50)44-46-26(52)16-27(53)47-45-25(51)13-10-8-11-14-62-40-36(61)38(30(55)20(3)63-40)65-22-15-21(17-48)31(56)37(28(22)43)67-42-39(34(59)32(57)23(18-49)66-42)68-41-35(60)33(58)29(54)19(2)64-41/h4-7,19-23,28-42,48-49,54-61H,8-18,43H2,1-3H3,(H,44,50)(H,45,51)(H,46,52)(H,47,53)/b5-4+,7-6+/t19?,20?,21?,22-,23?,28?,29-,30-,31+,32-,33?,34?,35?,36?,37?,38?,39?,40+,41-,42+/m0/s1. The largest absolute Gasteiger partial charge is 0.396 e. The van der Waals surface area contributed by atoms with Crippen molar-refractivity contribution in [3.05, 3.63) is 24.3 Å². The Morgan fingerprint density at radius 1 is 0.603 bits per heavy atom. The molecule has 16 N–H and O–H groups in total. The van der Waals surface area contributed by atoms with Gasteiger partial charge in [0.1, 0.15) is 73.6 Å². The zero-order valence-corrected chi connectivity index (χ0v) is 38.2. The molecule has 1 aliphatic carbocycles. The predicted molar refractivity (Wildman–Crippen MR) is 229 cm³/mol. The number of amides is 4. The number of hydrogen-bond donors (Lipinski definition) is 15. The minimum atomic E-state index is -1.88. The van der Waals surface area contributed by atoms with E-state index in [0.29, 0.717) is 25.7 Å². The number of aliphatic hydroxyl groups is 10. The van der Waals surface area contributed by atoms with Crippen molar-refractivity contribution < 1.29 is 103 Å². The van der Waals surface area contributed by atoms with Crippen molar-refractivity contribution in [1.82, 2.24) is 21.7 Å². The van der Waals surface area contributed by atoms with E-state index < -0.39 is 166 Å². The lowest BCUT2D eigenvalue weighted by Crippen LogP contribution is -2.67. The number of allylic oxidation sites excluding steroid dienone is 4. The predicted octanol–water partition coefficient (Wildman–Crippen LogP) is -5.88. The van der Waals surface area contributed by atoms with Gasteiger partial charge in [-0.1, -0.05) is 30.7 Å². The minimum Gasteiger partial charge on any atom is -0.396 e. The Morgan fingerprint density at radius 3 is 1.87 bits per heavy atom. The number of nitrogens with two attached hydrogens (primary N) is 1. The molecule has 20 atom stereocenters. The first-order chi connectivity index (χ1) is 32.3. The van der Waals surface area contributed by atoms with Crippen molar-refractivity contribution in [3.63, 3.8) is 0 Å². The lowest BCUT2D eigenvalue weighted by Gasteiger charge is -2.50. The van der Waals surface area contributed by atoms with Crippen LogP contribution in [-0.4, -0.2) is 211 Å². The fourth-order valence-electron chi connectivity index (χ4n) is 7.95. The third-order valence-electron chi connectivity index (χ3n) is 12.0. The van der Waals surface area contributed by atoms with Gasteiger partial charge in [0.25, 0.3) is 0 Å². The van der Waals surface area contributed by atoms with Crippen LogP contribution in [0.5, 0.6) is 0 Å². The number of hydrazine groups is 2. The molecule has 0 aromatic rings. The van der Waals surface area contributed by atoms with Crippen molar-refractivity contribution in [3.8, 4) is 0 Å². The fourth-order valence-corrected chi connectivity index (χ4v) is 7.95. The molecule has 0 bridgehead atoms. The van der Waals surface area contributed by atoms with E-state index in [0.717, 1.165) is 0 Å². The van der Waals surface area contributed by atoms with Gasteiger partial charge in [0.15, 0.2) is 18.9 Å². The van der Waals surface area contributed by atoms with Gasteiger partial charge in [-0.05, 0) is 46.5 Å². The van der Waals surface area contributed by atoms with Crippen LogP contribution in [0.15, 0.2) is 24.3 Å². The summed E-state index contributed by atoms with van der Waals surface area (Å²) in [5.41, 5.74) is 15.3. The summed E-state index contributed by atoms with van der Waals surface area (Å²) in [6.45, 7) is 3.35. The van der Waals surface area contributed by atoms with E-state index in [2.05, 4.69) is 21.7 Å². The van der Waals surface area contributed by atoms with Gasteiger partial charge in [0.05, 0.1) is 37.1 Å². The number of carbonyl (C=O) groups is 4. The molecule has 1 saturated carbocycles. The molecule has 4 amide bonds. The monoisotopic (exact) mass is 981 g/mol. The maximum atomic E-state index is 12.3. The van der Waals surface area contributed by atoms with Crippen LogP contribution in [0.4, 0.5) is 0 Å². The van der Waals surface area contributed by atoms with E-state index in [1.165, 1.54) is 13.8 Å². The molecular formula is C42H71N5O21. The lowest BCUT2D eigenvalue weighted by molar-refractivity contribution is -0.375. The van der Waals surface area contributed by atoms with Gasteiger partial charge in [0, 0.05) is 32.0 Å². The molecule has 68 heavy (non-hydrogen) atoms. The first kappa shape index (κ1) is 57.2. The molecule has 3 heterocycles. The summed E-state index contributed by atoms with van der Waals surface area (Å²) in [4.78, 5) is 48.1. The maximum Gasteiger partial charge on any atom is 0.247 e. The molecule has 0 aromatic heterocycles. The van der Waals surface area contributed by atoms with Crippen molar-refractivity contribution in [2.45, 2.75) is 189 Å². The minimum absolute atomic E-state index is 0.000186. The van der Waals surface area contributed by atoms with Crippen molar-refractivity contribution >= 4 is 23.6 Å². The second kappa shape index (κ2) is 27.9. The van der Waals surface area contributed by atoms with Crippen LogP contribution in [0.25, 0.3) is 0 Å². The maximum absolute atomic E-state index is 12.3. The number of unbranched alkanes of at least 4 members (excludes halogenated alkanes) is 2. The Kier molecular flexibility index (Phi) is 23.5. The molecule has 4 aliphatic rings. The van der Waals surface area contributed by atoms with E-state index >= 15 is 0 Å².